The minimum absolute atomic E-state index is 0.178. The van der Waals surface area contributed by atoms with E-state index in [2.05, 4.69) is 6.58 Å². The van der Waals surface area contributed by atoms with Gasteiger partial charge in [0.15, 0.2) is 0 Å². The van der Waals surface area contributed by atoms with Gasteiger partial charge in [0.2, 0.25) is 0 Å². The van der Waals surface area contributed by atoms with Crippen LogP contribution in [0.4, 0.5) is 4.39 Å². The number of hydrogen-bond donors (Lipinski definition) is 1. The molecule has 1 aromatic rings. The van der Waals surface area contributed by atoms with Crippen LogP contribution in [-0.4, -0.2) is 18.5 Å². The Morgan fingerprint density at radius 3 is 2.87 bits per heavy atom. The highest BCUT2D eigenvalue weighted by atomic mass is 19.1. The highest BCUT2D eigenvalue weighted by molar-refractivity contribution is 5.25. The highest BCUT2D eigenvalue weighted by Crippen LogP contribution is 2.12. The fourth-order valence-corrected chi connectivity index (χ4v) is 1.45. The van der Waals surface area contributed by atoms with Gasteiger partial charge in [-0.05, 0) is 18.7 Å². The van der Waals surface area contributed by atoms with Crippen LogP contribution in [0.5, 0.6) is 0 Å². The van der Waals surface area contributed by atoms with Crippen molar-refractivity contribution in [2.24, 2.45) is 5.73 Å². The van der Waals surface area contributed by atoms with Crippen molar-refractivity contribution in [2.45, 2.75) is 13.1 Å². The molecule has 3 heteroatoms. The van der Waals surface area contributed by atoms with Gasteiger partial charge in [-0.2, -0.15) is 0 Å². The molecule has 0 atom stereocenters. The molecule has 0 amide bonds. The maximum Gasteiger partial charge on any atom is 0.127 e. The second kappa shape index (κ2) is 5.63. The van der Waals surface area contributed by atoms with Crippen molar-refractivity contribution in [1.82, 2.24) is 4.90 Å². The minimum atomic E-state index is -0.178. The normalized spacial score (nSPS) is 10.7. The van der Waals surface area contributed by atoms with Gasteiger partial charge in [0.1, 0.15) is 5.82 Å². The lowest BCUT2D eigenvalue weighted by atomic mass is 10.1. The molecule has 0 aliphatic heterocycles. The zero-order valence-corrected chi connectivity index (χ0v) is 9.04. The summed E-state index contributed by atoms with van der Waals surface area (Å²) in [5.41, 5.74) is 7.15. The Kier molecular flexibility index (Phi) is 4.46. The van der Waals surface area contributed by atoms with Crippen molar-refractivity contribution in [2.75, 3.05) is 13.6 Å². The predicted octanol–water partition coefficient (Wildman–Crippen LogP) is 1.90. The Bertz CT molecular complexity index is 336. The van der Waals surface area contributed by atoms with Gasteiger partial charge in [-0.25, -0.2) is 4.39 Å². The van der Waals surface area contributed by atoms with E-state index in [0.29, 0.717) is 18.7 Å². The topological polar surface area (TPSA) is 29.3 Å². The zero-order chi connectivity index (χ0) is 11.3. The molecule has 0 aromatic heterocycles. The van der Waals surface area contributed by atoms with Crippen LogP contribution in [0.2, 0.25) is 0 Å². The molecular weight excluding hydrogens is 191 g/mol. The molecule has 0 saturated heterocycles. The van der Waals surface area contributed by atoms with Crippen molar-refractivity contribution < 1.29 is 4.39 Å². The van der Waals surface area contributed by atoms with Crippen LogP contribution in [0.3, 0.4) is 0 Å². The lowest BCUT2D eigenvalue weighted by Crippen LogP contribution is -2.18. The Morgan fingerprint density at radius 1 is 1.53 bits per heavy atom. The number of benzene rings is 1. The standard InChI is InChI=1S/C12H17FN2/c1-3-6-15(2)9-11-7-10(8-14)4-5-12(11)13/h3-5,7H,1,6,8-9,14H2,2H3. The van der Waals surface area contributed by atoms with E-state index in [0.717, 1.165) is 12.1 Å². The van der Waals surface area contributed by atoms with E-state index >= 15 is 0 Å². The Labute approximate surface area is 90.2 Å². The lowest BCUT2D eigenvalue weighted by molar-refractivity contribution is 0.356. The van der Waals surface area contributed by atoms with Gasteiger partial charge in [-0.15, -0.1) is 6.58 Å². The maximum absolute atomic E-state index is 13.4. The summed E-state index contributed by atoms with van der Waals surface area (Å²) in [6, 6.07) is 5.00. The number of rotatable bonds is 5. The maximum atomic E-state index is 13.4. The molecule has 0 saturated carbocycles. The Hall–Kier alpha value is -1.19. The molecule has 0 radical (unpaired) electrons. The van der Waals surface area contributed by atoms with E-state index in [1.54, 1.807) is 12.1 Å². The fraction of sp³-hybridized carbons (Fsp3) is 0.333. The molecule has 2 nitrogen and oxygen atoms in total. The molecule has 2 N–H and O–H groups in total. The number of likely N-dealkylation sites (N-methyl/N-ethyl adjacent to an activating group) is 1. The number of nitrogens with zero attached hydrogens (tertiary/aromatic N) is 1. The van der Waals surface area contributed by atoms with Crippen LogP contribution >= 0.6 is 0 Å². The van der Waals surface area contributed by atoms with Gasteiger partial charge in [-0.1, -0.05) is 18.2 Å². The Morgan fingerprint density at radius 2 is 2.27 bits per heavy atom. The van der Waals surface area contributed by atoms with Gasteiger partial charge in [0.05, 0.1) is 0 Å². The SMILES string of the molecule is C=CCN(C)Cc1cc(CN)ccc1F. The zero-order valence-electron chi connectivity index (χ0n) is 9.04. The molecule has 0 bridgehead atoms. The summed E-state index contributed by atoms with van der Waals surface area (Å²) in [5, 5.41) is 0. The molecule has 0 aliphatic carbocycles. The first-order valence-electron chi connectivity index (χ1n) is 4.94. The summed E-state index contributed by atoms with van der Waals surface area (Å²) in [5.74, 6) is -0.178. The molecule has 0 spiro atoms. The van der Waals surface area contributed by atoms with E-state index in [9.17, 15) is 4.39 Å². The first-order chi connectivity index (χ1) is 7.17. The molecule has 0 unspecified atom stereocenters. The highest BCUT2D eigenvalue weighted by Gasteiger charge is 2.05. The van der Waals surface area contributed by atoms with Crippen LogP contribution in [0.25, 0.3) is 0 Å². The van der Waals surface area contributed by atoms with Gasteiger partial charge >= 0.3 is 0 Å². The largest absolute Gasteiger partial charge is 0.326 e. The summed E-state index contributed by atoms with van der Waals surface area (Å²) in [6.07, 6.45) is 1.80. The molecule has 82 valence electrons. The molecular formula is C12H17FN2. The number of nitrogens with two attached hydrogens (primary N) is 1. The number of hydrogen-bond acceptors (Lipinski definition) is 2. The van der Waals surface area contributed by atoms with Gasteiger partial charge < -0.3 is 5.73 Å². The fourth-order valence-electron chi connectivity index (χ4n) is 1.45. The van der Waals surface area contributed by atoms with E-state index in [1.807, 2.05) is 18.0 Å². The smallest absolute Gasteiger partial charge is 0.127 e. The first-order valence-corrected chi connectivity index (χ1v) is 4.94. The molecule has 15 heavy (non-hydrogen) atoms. The third-order valence-electron chi connectivity index (χ3n) is 2.23. The summed E-state index contributed by atoms with van der Waals surface area (Å²) < 4.78 is 13.4. The predicted molar refractivity (Wildman–Crippen MR) is 60.8 cm³/mol. The summed E-state index contributed by atoms with van der Waals surface area (Å²) in [7, 11) is 1.93. The quantitative estimate of drug-likeness (QED) is 0.749. The van der Waals surface area contributed by atoms with Crippen LogP contribution in [0.1, 0.15) is 11.1 Å². The van der Waals surface area contributed by atoms with Gasteiger partial charge in [-0.3, -0.25) is 4.90 Å². The molecule has 0 fully saturated rings. The summed E-state index contributed by atoms with van der Waals surface area (Å²) in [4.78, 5) is 1.99. The van der Waals surface area contributed by atoms with Crippen LogP contribution in [-0.2, 0) is 13.1 Å². The van der Waals surface area contributed by atoms with Crippen LogP contribution < -0.4 is 5.73 Å². The van der Waals surface area contributed by atoms with Crippen LogP contribution in [0.15, 0.2) is 30.9 Å². The molecule has 0 heterocycles. The van der Waals surface area contributed by atoms with Gasteiger partial charge in [0, 0.05) is 25.2 Å². The second-order valence-corrected chi connectivity index (χ2v) is 3.62. The van der Waals surface area contributed by atoms with E-state index < -0.39 is 0 Å². The van der Waals surface area contributed by atoms with E-state index in [-0.39, 0.29) is 5.82 Å². The average Bonchev–Trinajstić information content (AvgIpc) is 2.21. The van der Waals surface area contributed by atoms with Crippen molar-refractivity contribution in [3.63, 3.8) is 0 Å². The minimum Gasteiger partial charge on any atom is -0.326 e. The first kappa shape index (κ1) is 11.9. The Balaban J connectivity index is 2.78. The molecule has 1 rings (SSSR count). The average molecular weight is 208 g/mol. The van der Waals surface area contributed by atoms with Crippen LogP contribution in [0, 0.1) is 5.82 Å². The second-order valence-electron chi connectivity index (χ2n) is 3.62. The van der Waals surface area contributed by atoms with Crippen molar-refractivity contribution in [3.8, 4) is 0 Å². The lowest BCUT2D eigenvalue weighted by Gasteiger charge is -2.15. The third kappa shape index (κ3) is 3.46. The summed E-state index contributed by atoms with van der Waals surface area (Å²) in [6.45, 7) is 5.40. The van der Waals surface area contributed by atoms with Crippen molar-refractivity contribution in [3.05, 3.63) is 47.8 Å². The number of halogens is 1. The summed E-state index contributed by atoms with van der Waals surface area (Å²) >= 11 is 0. The molecule has 1 aromatic carbocycles. The monoisotopic (exact) mass is 208 g/mol. The van der Waals surface area contributed by atoms with Crippen molar-refractivity contribution in [1.29, 1.82) is 0 Å². The van der Waals surface area contributed by atoms with E-state index in [1.165, 1.54) is 6.07 Å². The molecule has 0 aliphatic rings. The van der Waals surface area contributed by atoms with Crippen molar-refractivity contribution >= 4 is 0 Å². The van der Waals surface area contributed by atoms with E-state index in [4.69, 9.17) is 5.73 Å². The van der Waals surface area contributed by atoms with Gasteiger partial charge in [0.25, 0.3) is 0 Å². The third-order valence-corrected chi connectivity index (χ3v) is 2.23.